The van der Waals surface area contributed by atoms with E-state index in [9.17, 15) is 13.2 Å². The van der Waals surface area contributed by atoms with Crippen LogP contribution in [0.1, 0.15) is 5.56 Å². The molecule has 1 nitrogen and oxygen atoms in total. The van der Waals surface area contributed by atoms with Gasteiger partial charge in [0.25, 0.3) is 0 Å². The molecule has 0 heterocycles. The first-order valence-electron chi connectivity index (χ1n) is 5.08. The average Bonchev–Trinajstić information content (AvgIpc) is 2.36. The molecule has 2 rings (SSSR count). The summed E-state index contributed by atoms with van der Waals surface area (Å²) in [6, 6.07) is 7.50. The predicted molar refractivity (Wildman–Crippen MR) is 65.5 cm³/mol. The van der Waals surface area contributed by atoms with Crippen LogP contribution in [0.5, 0.6) is 11.5 Å². The Morgan fingerprint density at radius 2 is 1.72 bits per heavy atom. The third-order valence-electron chi connectivity index (χ3n) is 2.30. The van der Waals surface area contributed by atoms with Crippen LogP contribution >= 0.6 is 15.9 Å². The molecule has 2 aromatic rings. The number of para-hydroxylation sites is 1. The smallest absolute Gasteiger partial charge is 0.167 e. The Balaban J connectivity index is 2.36. The van der Waals surface area contributed by atoms with Gasteiger partial charge in [0.2, 0.25) is 0 Å². The van der Waals surface area contributed by atoms with Crippen molar-refractivity contribution in [2.75, 3.05) is 0 Å². The van der Waals surface area contributed by atoms with Gasteiger partial charge in [0.05, 0.1) is 0 Å². The Morgan fingerprint density at radius 3 is 2.39 bits per heavy atom. The SMILES string of the molecule is Fc1ccc(Oc2c(F)cccc2CBr)cc1F. The minimum Gasteiger partial charge on any atom is -0.454 e. The molecule has 0 aromatic heterocycles. The van der Waals surface area contributed by atoms with Gasteiger partial charge in [-0.3, -0.25) is 0 Å². The number of alkyl halides is 1. The molecule has 0 amide bonds. The van der Waals surface area contributed by atoms with Gasteiger partial charge in [-0.1, -0.05) is 28.1 Å². The standard InChI is InChI=1S/C13H8BrF3O/c14-7-8-2-1-3-11(16)13(8)18-9-4-5-10(15)12(17)6-9/h1-6H,7H2. The van der Waals surface area contributed by atoms with Crippen LogP contribution in [0.25, 0.3) is 0 Å². The maximum atomic E-state index is 13.6. The maximum Gasteiger partial charge on any atom is 0.167 e. The first kappa shape index (κ1) is 13.0. The second kappa shape index (κ2) is 5.44. The van der Waals surface area contributed by atoms with E-state index in [1.807, 2.05) is 0 Å². The number of hydrogen-bond donors (Lipinski definition) is 0. The molecular formula is C13H8BrF3O. The monoisotopic (exact) mass is 316 g/mol. The summed E-state index contributed by atoms with van der Waals surface area (Å²) in [5.74, 6) is -2.53. The highest BCUT2D eigenvalue weighted by Gasteiger charge is 2.11. The first-order valence-corrected chi connectivity index (χ1v) is 6.20. The van der Waals surface area contributed by atoms with Gasteiger partial charge >= 0.3 is 0 Å². The molecule has 0 radical (unpaired) electrons. The summed E-state index contributed by atoms with van der Waals surface area (Å²) < 4.78 is 44.6. The highest BCUT2D eigenvalue weighted by molar-refractivity contribution is 9.08. The lowest BCUT2D eigenvalue weighted by atomic mass is 10.2. The van der Waals surface area contributed by atoms with Crippen molar-refractivity contribution in [3.05, 3.63) is 59.4 Å². The summed E-state index contributed by atoms with van der Waals surface area (Å²) in [6.07, 6.45) is 0. The molecule has 0 saturated carbocycles. The van der Waals surface area contributed by atoms with Crippen molar-refractivity contribution in [2.24, 2.45) is 0 Å². The molecule has 0 aliphatic heterocycles. The van der Waals surface area contributed by atoms with Gasteiger partial charge in [0.1, 0.15) is 5.75 Å². The average molecular weight is 317 g/mol. The number of hydrogen-bond acceptors (Lipinski definition) is 1. The molecular weight excluding hydrogens is 309 g/mol. The van der Waals surface area contributed by atoms with E-state index in [1.54, 1.807) is 12.1 Å². The van der Waals surface area contributed by atoms with E-state index < -0.39 is 17.5 Å². The number of benzene rings is 2. The minimum atomic E-state index is -1.04. The summed E-state index contributed by atoms with van der Waals surface area (Å²) in [7, 11) is 0. The Labute approximate surface area is 110 Å². The molecule has 18 heavy (non-hydrogen) atoms. The van der Waals surface area contributed by atoms with Crippen molar-refractivity contribution in [1.82, 2.24) is 0 Å². The maximum absolute atomic E-state index is 13.6. The van der Waals surface area contributed by atoms with Crippen molar-refractivity contribution in [2.45, 2.75) is 5.33 Å². The van der Waals surface area contributed by atoms with Crippen LogP contribution in [0.4, 0.5) is 13.2 Å². The fourth-order valence-electron chi connectivity index (χ4n) is 1.43. The molecule has 0 unspecified atom stereocenters. The lowest BCUT2D eigenvalue weighted by molar-refractivity contribution is 0.429. The van der Waals surface area contributed by atoms with Gasteiger partial charge in [0.15, 0.2) is 23.2 Å². The first-order chi connectivity index (χ1) is 8.61. The van der Waals surface area contributed by atoms with E-state index in [2.05, 4.69) is 15.9 Å². The second-order valence-electron chi connectivity index (χ2n) is 3.54. The number of halogens is 4. The Bertz CT molecular complexity index is 572. The van der Waals surface area contributed by atoms with E-state index >= 15 is 0 Å². The fraction of sp³-hybridized carbons (Fsp3) is 0.0769. The van der Waals surface area contributed by atoms with Gasteiger partial charge < -0.3 is 4.74 Å². The van der Waals surface area contributed by atoms with Crippen molar-refractivity contribution in [3.63, 3.8) is 0 Å². The molecule has 2 aromatic carbocycles. The van der Waals surface area contributed by atoms with E-state index in [4.69, 9.17) is 4.74 Å². The molecule has 0 spiro atoms. The van der Waals surface area contributed by atoms with Gasteiger partial charge in [0, 0.05) is 17.0 Å². The summed E-state index contributed by atoms with van der Waals surface area (Å²) in [5, 5.41) is 0.393. The zero-order valence-corrected chi connectivity index (χ0v) is 10.7. The normalized spacial score (nSPS) is 10.4. The Morgan fingerprint density at radius 1 is 0.944 bits per heavy atom. The molecule has 0 atom stereocenters. The quantitative estimate of drug-likeness (QED) is 0.740. The van der Waals surface area contributed by atoms with Crippen LogP contribution in [-0.4, -0.2) is 0 Å². The largest absolute Gasteiger partial charge is 0.454 e. The van der Waals surface area contributed by atoms with Crippen LogP contribution in [-0.2, 0) is 5.33 Å². The summed E-state index contributed by atoms with van der Waals surface area (Å²) in [5.41, 5.74) is 0.583. The van der Waals surface area contributed by atoms with Gasteiger partial charge in [-0.15, -0.1) is 0 Å². The van der Waals surface area contributed by atoms with Crippen molar-refractivity contribution in [3.8, 4) is 11.5 Å². The van der Waals surface area contributed by atoms with Crippen LogP contribution < -0.4 is 4.74 Å². The fourth-order valence-corrected chi connectivity index (χ4v) is 1.87. The van der Waals surface area contributed by atoms with E-state index in [-0.39, 0.29) is 11.5 Å². The Hall–Kier alpha value is -1.49. The van der Waals surface area contributed by atoms with Crippen molar-refractivity contribution >= 4 is 15.9 Å². The highest BCUT2D eigenvalue weighted by atomic mass is 79.9. The number of rotatable bonds is 3. The number of ether oxygens (including phenoxy) is 1. The molecule has 5 heteroatoms. The minimum absolute atomic E-state index is 0.000355. The molecule has 0 fully saturated rings. The molecule has 0 saturated heterocycles. The highest BCUT2D eigenvalue weighted by Crippen LogP contribution is 2.30. The van der Waals surface area contributed by atoms with Gasteiger partial charge in [-0.2, -0.15) is 0 Å². The van der Waals surface area contributed by atoms with Crippen molar-refractivity contribution in [1.29, 1.82) is 0 Å². The lowest BCUT2D eigenvalue weighted by Crippen LogP contribution is -1.94. The molecule has 94 valence electrons. The third-order valence-corrected chi connectivity index (χ3v) is 2.91. The van der Waals surface area contributed by atoms with Crippen LogP contribution in [0.15, 0.2) is 36.4 Å². The van der Waals surface area contributed by atoms with Crippen molar-refractivity contribution < 1.29 is 17.9 Å². The predicted octanol–water partition coefficient (Wildman–Crippen LogP) is 4.79. The molecule has 0 bridgehead atoms. The lowest BCUT2D eigenvalue weighted by Gasteiger charge is -2.10. The van der Waals surface area contributed by atoms with Crippen LogP contribution in [0.2, 0.25) is 0 Å². The summed E-state index contributed by atoms with van der Waals surface area (Å²) >= 11 is 3.20. The molecule has 0 aliphatic rings. The van der Waals surface area contributed by atoms with E-state index in [0.717, 1.165) is 12.1 Å². The molecule has 0 N–H and O–H groups in total. The topological polar surface area (TPSA) is 9.23 Å². The molecule has 0 aliphatic carbocycles. The van der Waals surface area contributed by atoms with E-state index in [0.29, 0.717) is 10.9 Å². The summed E-state index contributed by atoms with van der Waals surface area (Å²) in [4.78, 5) is 0. The van der Waals surface area contributed by atoms with E-state index in [1.165, 1.54) is 12.1 Å². The zero-order valence-electron chi connectivity index (χ0n) is 9.09. The van der Waals surface area contributed by atoms with Crippen LogP contribution in [0, 0.1) is 17.5 Å². The van der Waals surface area contributed by atoms with Crippen LogP contribution in [0.3, 0.4) is 0 Å². The Kier molecular flexibility index (Phi) is 3.91. The third kappa shape index (κ3) is 2.67. The van der Waals surface area contributed by atoms with Gasteiger partial charge in [-0.25, -0.2) is 13.2 Å². The van der Waals surface area contributed by atoms with Gasteiger partial charge in [-0.05, 0) is 18.2 Å². The second-order valence-corrected chi connectivity index (χ2v) is 4.10. The summed E-state index contributed by atoms with van der Waals surface area (Å²) in [6.45, 7) is 0. The zero-order chi connectivity index (χ0) is 13.1.